The van der Waals surface area contributed by atoms with Crippen molar-refractivity contribution in [3.8, 4) is 39.3 Å². The normalized spacial score (nSPS) is 10.6. The molecule has 0 spiro atoms. The fourth-order valence-corrected chi connectivity index (χ4v) is 18.6. The Kier molecular flexibility index (Phi) is 22.5. The molecule has 76 heavy (non-hydrogen) atoms. The number of hydrogen-bond donors (Lipinski definition) is 0. The van der Waals surface area contributed by atoms with E-state index < -0.39 is 0 Å². The average Bonchev–Trinajstić information content (AvgIpc) is 4.30. The lowest BCUT2D eigenvalue weighted by Crippen LogP contribution is -2.27. The SMILES string of the molecule is CC.CC.CC.CC.CC.CC.Cc1ccc(Cc2ccc(-c3cc4c(=O)n(-c5cccs5)c(=O)c5cc(-c6ccc(Cc7ccc(-c8cc9c(=O)n(-c%10cccs%10)c(=O)c%10cc(C)sc%10c9s8)s7)s6)sc5c4s3)s2)s1. The van der Waals surface area contributed by atoms with E-state index in [-0.39, 0.29) is 22.2 Å². The van der Waals surface area contributed by atoms with Gasteiger partial charge in [-0.15, -0.1) is 113 Å². The van der Waals surface area contributed by atoms with Crippen LogP contribution in [0.4, 0.5) is 0 Å². The minimum atomic E-state index is -0.300. The van der Waals surface area contributed by atoms with Crippen LogP contribution >= 0.6 is 113 Å². The fourth-order valence-electron chi connectivity index (χ4n) is 7.96. The molecule has 0 fully saturated rings. The van der Waals surface area contributed by atoms with Crippen LogP contribution in [0.15, 0.2) is 127 Å². The first-order valence-electron chi connectivity index (χ1n) is 25.8. The Labute approximate surface area is 485 Å². The van der Waals surface area contributed by atoms with Gasteiger partial charge in [0, 0.05) is 71.4 Å². The summed E-state index contributed by atoms with van der Waals surface area (Å²) in [5.74, 6) is 0. The lowest BCUT2D eigenvalue weighted by Gasteiger charge is -1.97. The maximum absolute atomic E-state index is 14.4. The van der Waals surface area contributed by atoms with Crippen molar-refractivity contribution in [2.24, 2.45) is 0 Å². The van der Waals surface area contributed by atoms with Gasteiger partial charge < -0.3 is 0 Å². The summed E-state index contributed by atoms with van der Waals surface area (Å²) in [6, 6.07) is 32.5. The van der Waals surface area contributed by atoms with Crippen LogP contribution in [-0.4, -0.2) is 9.13 Å². The molecule has 12 heterocycles. The van der Waals surface area contributed by atoms with Gasteiger partial charge in [0.15, 0.2) is 0 Å². The zero-order valence-electron chi connectivity index (χ0n) is 45.4. The van der Waals surface area contributed by atoms with Gasteiger partial charge in [0.05, 0.1) is 40.3 Å². The van der Waals surface area contributed by atoms with Crippen LogP contribution in [0.1, 0.15) is 112 Å². The summed E-state index contributed by atoms with van der Waals surface area (Å²) < 4.78 is 6.07. The van der Waals surface area contributed by atoms with Crippen molar-refractivity contribution < 1.29 is 0 Å². The molecule has 0 aliphatic heterocycles. The summed E-state index contributed by atoms with van der Waals surface area (Å²) in [7, 11) is 0. The topological polar surface area (TPSA) is 78.1 Å². The first-order valence-corrected chi connectivity index (χ1v) is 34.1. The third-order valence-electron chi connectivity index (χ3n) is 10.9. The van der Waals surface area contributed by atoms with Gasteiger partial charge in [-0.25, -0.2) is 9.13 Å². The van der Waals surface area contributed by atoms with Gasteiger partial charge >= 0.3 is 0 Å². The van der Waals surface area contributed by atoms with E-state index in [2.05, 4.69) is 55.5 Å². The van der Waals surface area contributed by atoms with Crippen molar-refractivity contribution in [3.05, 3.63) is 179 Å². The number of fused-ring (bicyclic) bond motifs is 6. The van der Waals surface area contributed by atoms with E-state index in [0.29, 0.717) is 31.5 Å². The number of rotatable bonds is 9. The average molecular weight is 1200 g/mol. The summed E-state index contributed by atoms with van der Waals surface area (Å²) in [6.45, 7) is 28.1. The van der Waals surface area contributed by atoms with Crippen LogP contribution in [0, 0.1) is 13.8 Å². The minimum absolute atomic E-state index is 0.278. The van der Waals surface area contributed by atoms with Gasteiger partial charge in [0.25, 0.3) is 22.2 Å². The summed E-state index contributed by atoms with van der Waals surface area (Å²) in [4.78, 5) is 70.2. The quantitative estimate of drug-likeness (QED) is 0.144. The molecule has 0 bridgehead atoms. The molecule has 0 aromatic carbocycles. The molecule has 12 aromatic rings. The van der Waals surface area contributed by atoms with E-state index in [9.17, 15) is 19.2 Å². The van der Waals surface area contributed by atoms with Crippen LogP contribution in [0.5, 0.6) is 0 Å². The molecule has 0 atom stereocenters. The standard InChI is InChI=1S/C48H28N2O4S10.6C2H6/c1-23-7-8-25(57-23)18-26-9-12-34(59-26)37-21-31-43(63-37)44-32(48(54)50(47(31)53)40-6-4-16-56-40)22-38(64-44)35-14-11-28(61-35)19-27-10-13-33(60-27)36-20-30-42(62-36)41-29(17-24(2)58-41)45(51)49(46(30)52)39-5-3-15-55-39;6*1-2/h3-17,20-22H,18-19H2,1-2H3;6*1-2H3. The number of hydrogen-bond acceptors (Lipinski definition) is 14. The van der Waals surface area contributed by atoms with Crippen LogP contribution in [0.2, 0.25) is 0 Å². The number of aromatic nitrogens is 2. The lowest BCUT2D eigenvalue weighted by molar-refractivity contribution is 0.999. The third-order valence-corrected chi connectivity index (χ3v) is 22.2. The van der Waals surface area contributed by atoms with Gasteiger partial charge in [0.2, 0.25) is 0 Å². The van der Waals surface area contributed by atoms with Crippen LogP contribution < -0.4 is 22.2 Å². The summed E-state index contributed by atoms with van der Waals surface area (Å²) in [5.41, 5.74) is -1.16. The Bertz CT molecular complexity index is 4050. The van der Waals surface area contributed by atoms with Crippen molar-refractivity contribution in [1.29, 1.82) is 0 Å². The molecule has 16 heteroatoms. The predicted molar refractivity (Wildman–Crippen MR) is 351 cm³/mol. The van der Waals surface area contributed by atoms with Crippen molar-refractivity contribution in [1.82, 2.24) is 9.13 Å². The van der Waals surface area contributed by atoms with Gasteiger partial charge in [-0.2, -0.15) is 0 Å². The molecule has 0 aliphatic rings. The van der Waals surface area contributed by atoms with Crippen molar-refractivity contribution >= 4 is 154 Å². The highest BCUT2D eigenvalue weighted by Gasteiger charge is 2.22. The van der Waals surface area contributed by atoms with Gasteiger partial charge in [0.1, 0.15) is 10.0 Å². The Morgan fingerprint density at radius 3 is 0.961 bits per heavy atom. The highest BCUT2D eigenvalue weighted by molar-refractivity contribution is 7.33. The number of nitrogens with zero attached hydrogens (tertiary/aromatic N) is 2. The summed E-state index contributed by atoms with van der Waals surface area (Å²) in [6.07, 6.45) is 1.63. The predicted octanol–water partition coefficient (Wildman–Crippen LogP) is 20.9. The molecule has 0 radical (unpaired) electrons. The highest BCUT2D eigenvalue weighted by Crippen LogP contribution is 2.45. The molecule has 12 aromatic heterocycles. The van der Waals surface area contributed by atoms with Crippen LogP contribution in [0.3, 0.4) is 0 Å². The Morgan fingerprint density at radius 1 is 0.329 bits per heavy atom. The zero-order valence-corrected chi connectivity index (χ0v) is 53.6. The number of aryl methyl sites for hydroxylation is 2. The second-order valence-corrected chi connectivity index (χ2v) is 26.3. The molecular formula is C60H64N2O4S10. The summed E-state index contributed by atoms with van der Waals surface area (Å²) in [5, 5.41) is 7.24. The molecule has 12 rings (SSSR count). The molecule has 0 saturated heterocycles. The molecule has 398 valence electrons. The van der Waals surface area contributed by atoms with Crippen LogP contribution in [-0.2, 0) is 12.8 Å². The second-order valence-electron chi connectivity index (χ2n) is 15.1. The highest BCUT2D eigenvalue weighted by atomic mass is 32.1. The monoisotopic (exact) mass is 1200 g/mol. The molecule has 0 N–H and O–H groups in total. The Hall–Kier alpha value is -4.72. The van der Waals surface area contributed by atoms with E-state index in [1.165, 1.54) is 56.2 Å². The molecule has 0 unspecified atom stereocenters. The third kappa shape index (κ3) is 12.4. The second kappa shape index (κ2) is 28.2. The molecule has 6 nitrogen and oxygen atoms in total. The molecular weight excluding hydrogens is 1130 g/mol. The van der Waals surface area contributed by atoms with Crippen LogP contribution in [0.25, 0.3) is 79.6 Å². The van der Waals surface area contributed by atoms with E-state index in [1.807, 2.05) is 161 Å². The lowest BCUT2D eigenvalue weighted by atomic mass is 10.2. The number of thiophene rings is 10. The molecule has 0 saturated carbocycles. The maximum atomic E-state index is 14.4. The van der Waals surface area contributed by atoms with E-state index in [4.69, 9.17) is 0 Å². The summed E-state index contributed by atoms with van der Waals surface area (Å²) >= 11 is 16.1. The Balaban J connectivity index is 0.000000733. The van der Waals surface area contributed by atoms with Crippen molar-refractivity contribution in [2.45, 2.75) is 110 Å². The maximum Gasteiger partial charge on any atom is 0.267 e. The fraction of sp³-hybridized carbons (Fsp3) is 0.267. The van der Waals surface area contributed by atoms with Gasteiger partial charge in [-0.05, 0) is 122 Å². The zero-order chi connectivity index (χ0) is 55.4. The van der Waals surface area contributed by atoms with Gasteiger partial charge in [-0.1, -0.05) is 83.1 Å². The molecule has 0 amide bonds. The first-order chi connectivity index (χ1) is 37.1. The van der Waals surface area contributed by atoms with Crippen molar-refractivity contribution in [2.75, 3.05) is 0 Å². The van der Waals surface area contributed by atoms with E-state index in [0.717, 1.165) is 65.8 Å². The first kappa shape index (κ1) is 60.5. The smallest absolute Gasteiger partial charge is 0.267 e. The van der Waals surface area contributed by atoms with E-state index >= 15 is 0 Å². The molecule has 0 aliphatic carbocycles. The Morgan fingerprint density at radius 2 is 0.645 bits per heavy atom. The van der Waals surface area contributed by atoms with Crippen molar-refractivity contribution in [3.63, 3.8) is 0 Å². The van der Waals surface area contributed by atoms with Gasteiger partial charge in [-0.3, -0.25) is 19.2 Å². The largest absolute Gasteiger partial charge is 0.268 e. The minimum Gasteiger partial charge on any atom is -0.268 e. The van der Waals surface area contributed by atoms with E-state index in [1.54, 1.807) is 79.4 Å².